The van der Waals surface area contributed by atoms with Gasteiger partial charge in [-0.05, 0) is 31.7 Å². The van der Waals surface area contributed by atoms with Crippen LogP contribution in [0.25, 0.3) is 0 Å². The normalized spacial score (nSPS) is 44.0. The Morgan fingerprint density at radius 3 is 2.50 bits per heavy atom. The third-order valence-corrected chi connectivity index (χ3v) is 7.06. The molecule has 1 saturated carbocycles. The van der Waals surface area contributed by atoms with E-state index in [0.717, 1.165) is 12.0 Å². The summed E-state index contributed by atoms with van der Waals surface area (Å²) in [6.45, 7) is 1.30. The second-order valence-electron chi connectivity index (χ2n) is 4.12. The summed E-state index contributed by atoms with van der Waals surface area (Å²) in [7, 11) is 0. The summed E-state index contributed by atoms with van der Waals surface area (Å²) in [5.74, 6) is 3.76. The van der Waals surface area contributed by atoms with Gasteiger partial charge in [0.15, 0.2) is 0 Å². The van der Waals surface area contributed by atoms with Gasteiger partial charge in [0.05, 0.1) is 4.08 Å². The maximum Gasteiger partial charge on any atom is 0.0766 e. The van der Waals surface area contributed by atoms with Crippen molar-refractivity contribution in [2.24, 2.45) is 5.92 Å². The van der Waals surface area contributed by atoms with Crippen LogP contribution in [0.2, 0.25) is 0 Å². The Morgan fingerprint density at radius 2 is 2.00 bits per heavy atom. The van der Waals surface area contributed by atoms with Gasteiger partial charge in [0.1, 0.15) is 0 Å². The molecule has 2 bridgehead atoms. The zero-order valence-corrected chi connectivity index (χ0v) is 8.85. The van der Waals surface area contributed by atoms with Crippen LogP contribution in [0.3, 0.4) is 0 Å². The largest absolute Gasteiger partial charge is 0.311 e. The highest BCUT2D eigenvalue weighted by Gasteiger charge is 2.49. The molecule has 2 atom stereocenters. The van der Waals surface area contributed by atoms with E-state index in [9.17, 15) is 0 Å². The molecular formula is C9H15NS2. The summed E-state index contributed by atoms with van der Waals surface area (Å²) in [4.78, 5) is 0. The molecular weight excluding hydrogens is 186 g/mol. The summed E-state index contributed by atoms with van der Waals surface area (Å²) in [5.41, 5.74) is 0. The molecule has 3 heteroatoms. The highest BCUT2D eigenvalue weighted by atomic mass is 32.2. The number of piperidine rings is 2. The fourth-order valence-corrected chi connectivity index (χ4v) is 6.50. The second kappa shape index (κ2) is 2.82. The zero-order valence-electron chi connectivity index (χ0n) is 7.21. The molecule has 12 heavy (non-hydrogen) atoms. The van der Waals surface area contributed by atoms with E-state index in [1.54, 1.807) is 0 Å². The van der Waals surface area contributed by atoms with E-state index < -0.39 is 0 Å². The highest BCUT2D eigenvalue weighted by Crippen LogP contribution is 2.55. The highest BCUT2D eigenvalue weighted by molar-refractivity contribution is 8.21. The molecule has 4 rings (SSSR count). The van der Waals surface area contributed by atoms with Crippen molar-refractivity contribution in [2.45, 2.75) is 29.4 Å². The molecule has 1 nitrogen and oxygen atoms in total. The lowest BCUT2D eigenvalue weighted by Gasteiger charge is -2.49. The summed E-state index contributed by atoms with van der Waals surface area (Å²) in [5, 5.41) is 3.71. The van der Waals surface area contributed by atoms with Gasteiger partial charge in [0.25, 0.3) is 0 Å². The summed E-state index contributed by atoms with van der Waals surface area (Å²) < 4.78 is 0.612. The third-order valence-electron chi connectivity index (χ3n) is 3.40. The van der Waals surface area contributed by atoms with Gasteiger partial charge in [-0.3, -0.25) is 0 Å². The van der Waals surface area contributed by atoms with Crippen LogP contribution in [0.1, 0.15) is 19.3 Å². The van der Waals surface area contributed by atoms with Crippen LogP contribution in [0.15, 0.2) is 0 Å². The molecule has 1 aliphatic carbocycles. The van der Waals surface area contributed by atoms with Crippen molar-refractivity contribution >= 4 is 23.5 Å². The first-order chi connectivity index (χ1) is 5.89. The Bertz CT molecular complexity index is 181. The van der Waals surface area contributed by atoms with Crippen LogP contribution < -0.4 is 5.32 Å². The Balaban J connectivity index is 1.86. The van der Waals surface area contributed by atoms with Crippen LogP contribution in [0.5, 0.6) is 0 Å². The SMILES string of the molecule is C1CSC2(C[C@@H]3CCC2NC3)S1. The van der Waals surface area contributed by atoms with Crippen molar-refractivity contribution in [1.82, 2.24) is 5.32 Å². The summed E-state index contributed by atoms with van der Waals surface area (Å²) >= 11 is 4.46. The number of nitrogens with one attached hydrogen (secondary N) is 1. The quantitative estimate of drug-likeness (QED) is 0.643. The van der Waals surface area contributed by atoms with Crippen molar-refractivity contribution in [3.63, 3.8) is 0 Å². The number of thioether (sulfide) groups is 2. The molecule has 0 amide bonds. The molecule has 4 fully saturated rings. The molecule has 3 heterocycles. The van der Waals surface area contributed by atoms with Crippen LogP contribution in [0, 0.1) is 5.92 Å². The molecule has 4 aliphatic rings. The first-order valence-corrected chi connectivity index (χ1v) is 6.87. The Labute approximate surface area is 82.4 Å². The van der Waals surface area contributed by atoms with Crippen LogP contribution in [-0.2, 0) is 0 Å². The molecule has 0 aromatic rings. The van der Waals surface area contributed by atoms with Gasteiger partial charge < -0.3 is 5.32 Å². The molecule has 3 aliphatic heterocycles. The van der Waals surface area contributed by atoms with E-state index in [-0.39, 0.29) is 0 Å². The average molecular weight is 201 g/mol. The summed E-state index contributed by atoms with van der Waals surface area (Å²) in [6.07, 6.45) is 4.41. The topological polar surface area (TPSA) is 12.0 Å². The van der Waals surface area contributed by atoms with Crippen molar-refractivity contribution in [3.05, 3.63) is 0 Å². The van der Waals surface area contributed by atoms with E-state index >= 15 is 0 Å². The maximum absolute atomic E-state index is 3.71. The Morgan fingerprint density at radius 1 is 1.17 bits per heavy atom. The average Bonchev–Trinajstić information content (AvgIpc) is 2.55. The first-order valence-electron chi connectivity index (χ1n) is 4.90. The molecule has 0 aromatic heterocycles. The van der Waals surface area contributed by atoms with Gasteiger partial charge in [-0.15, -0.1) is 23.5 Å². The first kappa shape index (κ1) is 8.01. The molecule has 68 valence electrons. The van der Waals surface area contributed by atoms with E-state index in [1.807, 2.05) is 0 Å². The van der Waals surface area contributed by atoms with E-state index in [1.165, 1.54) is 37.3 Å². The lowest BCUT2D eigenvalue weighted by atomic mass is 9.81. The van der Waals surface area contributed by atoms with Gasteiger partial charge in [0.2, 0.25) is 0 Å². The predicted octanol–water partition coefficient (Wildman–Crippen LogP) is 1.93. The van der Waals surface area contributed by atoms with Crippen molar-refractivity contribution in [1.29, 1.82) is 0 Å². The van der Waals surface area contributed by atoms with Crippen LogP contribution >= 0.6 is 23.5 Å². The van der Waals surface area contributed by atoms with Gasteiger partial charge >= 0.3 is 0 Å². The third kappa shape index (κ3) is 1.06. The lowest BCUT2D eigenvalue weighted by molar-refractivity contribution is 0.208. The minimum absolute atomic E-state index is 0.612. The Hall–Kier alpha value is 0.660. The number of hydrogen-bond donors (Lipinski definition) is 1. The number of hydrogen-bond acceptors (Lipinski definition) is 3. The lowest BCUT2D eigenvalue weighted by Crippen LogP contribution is -2.57. The molecule has 1 spiro atoms. The summed E-state index contributed by atoms with van der Waals surface area (Å²) in [6, 6.07) is 0.833. The number of fused-ring (bicyclic) bond motifs is 2. The predicted molar refractivity (Wildman–Crippen MR) is 56.8 cm³/mol. The van der Waals surface area contributed by atoms with Crippen molar-refractivity contribution < 1.29 is 0 Å². The second-order valence-corrected chi connectivity index (χ2v) is 7.23. The zero-order chi connectivity index (χ0) is 8.02. The number of rotatable bonds is 0. The van der Waals surface area contributed by atoms with Crippen LogP contribution in [0.4, 0.5) is 0 Å². The van der Waals surface area contributed by atoms with Crippen molar-refractivity contribution in [2.75, 3.05) is 18.1 Å². The molecule has 1 unspecified atom stereocenters. The molecule has 3 saturated heterocycles. The fourth-order valence-electron chi connectivity index (χ4n) is 2.80. The monoisotopic (exact) mass is 201 g/mol. The van der Waals surface area contributed by atoms with Gasteiger partial charge in [-0.1, -0.05) is 0 Å². The van der Waals surface area contributed by atoms with Gasteiger partial charge in [0, 0.05) is 17.5 Å². The minimum Gasteiger partial charge on any atom is -0.311 e. The standard InChI is InChI=1S/C9H15NS2/c1-2-8-9(11-3-4-12-9)5-7(1)6-10-8/h7-8,10H,1-6H2/t7-,8?/m0/s1. The smallest absolute Gasteiger partial charge is 0.0766 e. The van der Waals surface area contributed by atoms with Crippen LogP contribution in [-0.4, -0.2) is 28.2 Å². The van der Waals surface area contributed by atoms with E-state index in [0.29, 0.717) is 4.08 Å². The maximum atomic E-state index is 3.71. The van der Waals surface area contributed by atoms with Crippen molar-refractivity contribution in [3.8, 4) is 0 Å². The molecule has 0 aromatic carbocycles. The van der Waals surface area contributed by atoms with Gasteiger partial charge in [-0.2, -0.15) is 0 Å². The van der Waals surface area contributed by atoms with Gasteiger partial charge in [-0.25, -0.2) is 0 Å². The molecule has 0 radical (unpaired) electrons. The fraction of sp³-hybridized carbons (Fsp3) is 1.00. The van der Waals surface area contributed by atoms with E-state index in [4.69, 9.17) is 0 Å². The van der Waals surface area contributed by atoms with E-state index in [2.05, 4.69) is 28.8 Å². The molecule has 1 N–H and O–H groups in total. The Kier molecular flexibility index (Phi) is 1.88. The minimum atomic E-state index is 0.612.